The summed E-state index contributed by atoms with van der Waals surface area (Å²) in [6.07, 6.45) is 2.77. The molecule has 5 nitrogen and oxygen atoms in total. The minimum atomic E-state index is 0.213. The maximum absolute atomic E-state index is 11.7. The molecule has 1 aliphatic heterocycles. The van der Waals surface area contributed by atoms with Crippen molar-refractivity contribution in [2.45, 2.75) is 33.1 Å². The molecule has 0 aromatic heterocycles. The van der Waals surface area contributed by atoms with Crippen molar-refractivity contribution in [3.8, 4) is 0 Å². The normalized spacial score (nSPS) is 20.3. The molecule has 1 saturated heterocycles. The molecule has 1 aliphatic rings. The molecule has 0 spiro atoms. The quantitative estimate of drug-likeness (QED) is 0.388. The lowest BCUT2D eigenvalue weighted by molar-refractivity contribution is -0.128. The van der Waals surface area contributed by atoms with E-state index in [1.807, 2.05) is 4.90 Å². The van der Waals surface area contributed by atoms with Gasteiger partial charge in [-0.25, -0.2) is 0 Å². The highest BCUT2D eigenvalue weighted by Gasteiger charge is 2.29. The topological polar surface area (TPSA) is 69.1 Å². The monoisotopic (exact) mass is 224 g/mol. The second kappa shape index (κ2) is 6.38. The zero-order chi connectivity index (χ0) is 12.0. The minimum absolute atomic E-state index is 0.213. The zero-order valence-corrected chi connectivity index (χ0v) is 10.1. The van der Waals surface area contributed by atoms with Crippen LogP contribution in [0.1, 0.15) is 33.1 Å². The molecular weight excluding hydrogens is 204 g/mol. The predicted molar refractivity (Wildman–Crippen MR) is 62.8 cm³/mol. The molecule has 1 heterocycles. The Balaban J connectivity index is 2.44. The van der Waals surface area contributed by atoms with E-state index in [0.717, 1.165) is 25.9 Å². The van der Waals surface area contributed by atoms with Crippen LogP contribution in [0.5, 0.6) is 0 Å². The number of carbonyl (C=O) groups excluding carboxylic acids is 1. The van der Waals surface area contributed by atoms with Gasteiger partial charge < -0.3 is 4.90 Å². The predicted octanol–water partition coefficient (Wildman–Crippen LogP) is 2.58. The third-order valence-corrected chi connectivity index (χ3v) is 3.33. The van der Waals surface area contributed by atoms with E-state index in [4.69, 9.17) is 5.53 Å². The smallest absolute Gasteiger partial charge is 0.222 e. The molecule has 0 radical (unpaired) electrons. The van der Waals surface area contributed by atoms with E-state index in [1.54, 1.807) is 0 Å². The van der Waals surface area contributed by atoms with E-state index >= 15 is 0 Å². The standard InChI is InChI=1S/C11H20N4O/c1-3-9(4-2)7-15-8-10(5-11(15)16)6-13-14-12/h9-10H,3-8H2,1-2H3. The van der Waals surface area contributed by atoms with Gasteiger partial charge >= 0.3 is 0 Å². The van der Waals surface area contributed by atoms with Crippen molar-refractivity contribution in [2.24, 2.45) is 17.0 Å². The third kappa shape index (κ3) is 3.42. The molecular formula is C11H20N4O. The van der Waals surface area contributed by atoms with Crippen LogP contribution in [0.4, 0.5) is 0 Å². The molecule has 1 unspecified atom stereocenters. The van der Waals surface area contributed by atoms with Gasteiger partial charge in [-0.05, 0) is 17.4 Å². The fourth-order valence-electron chi connectivity index (χ4n) is 2.16. The Hall–Kier alpha value is -1.22. The van der Waals surface area contributed by atoms with E-state index in [0.29, 0.717) is 18.9 Å². The van der Waals surface area contributed by atoms with Gasteiger partial charge in [0.1, 0.15) is 0 Å². The van der Waals surface area contributed by atoms with E-state index < -0.39 is 0 Å². The average molecular weight is 224 g/mol. The molecule has 0 aromatic carbocycles. The van der Waals surface area contributed by atoms with Crippen molar-refractivity contribution in [1.29, 1.82) is 0 Å². The lowest BCUT2D eigenvalue weighted by Gasteiger charge is -2.22. The van der Waals surface area contributed by atoms with Crippen molar-refractivity contribution >= 4 is 5.91 Å². The highest BCUT2D eigenvalue weighted by molar-refractivity contribution is 5.78. The lowest BCUT2D eigenvalue weighted by Crippen LogP contribution is -2.30. The summed E-state index contributed by atoms with van der Waals surface area (Å²) in [5, 5.41) is 3.54. The molecule has 90 valence electrons. The van der Waals surface area contributed by atoms with Crippen LogP contribution in [0.25, 0.3) is 10.4 Å². The van der Waals surface area contributed by atoms with Crippen molar-refractivity contribution in [1.82, 2.24) is 4.90 Å². The fraction of sp³-hybridized carbons (Fsp3) is 0.909. The lowest BCUT2D eigenvalue weighted by atomic mass is 10.0. The molecule has 16 heavy (non-hydrogen) atoms. The first-order chi connectivity index (χ1) is 7.71. The van der Waals surface area contributed by atoms with E-state index in [-0.39, 0.29) is 11.8 Å². The van der Waals surface area contributed by atoms with E-state index in [2.05, 4.69) is 23.9 Å². The summed E-state index contributed by atoms with van der Waals surface area (Å²) < 4.78 is 0. The summed E-state index contributed by atoms with van der Waals surface area (Å²) in [6, 6.07) is 0. The fourth-order valence-corrected chi connectivity index (χ4v) is 2.16. The summed E-state index contributed by atoms with van der Waals surface area (Å²) in [7, 11) is 0. The number of azide groups is 1. The summed E-state index contributed by atoms with van der Waals surface area (Å²) in [5.74, 6) is 1.03. The van der Waals surface area contributed by atoms with Crippen molar-refractivity contribution in [3.05, 3.63) is 10.4 Å². The van der Waals surface area contributed by atoms with Crippen molar-refractivity contribution in [2.75, 3.05) is 19.6 Å². The molecule has 1 rings (SSSR count). The summed E-state index contributed by atoms with van der Waals surface area (Å²) in [5.41, 5.74) is 8.24. The van der Waals surface area contributed by atoms with Crippen LogP contribution in [0.2, 0.25) is 0 Å². The molecule has 0 aromatic rings. The van der Waals surface area contributed by atoms with Gasteiger partial charge in [-0.2, -0.15) is 0 Å². The molecule has 0 N–H and O–H groups in total. The number of amides is 1. The van der Waals surface area contributed by atoms with Gasteiger partial charge in [-0.15, -0.1) is 0 Å². The van der Waals surface area contributed by atoms with Gasteiger partial charge in [0.15, 0.2) is 0 Å². The van der Waals surface area contributed by atoms with Crippen LogP contribution in [0, 0.1) is 11.8 Å². The molecule has 1 amide bonds. The summed E-state index contributed by atoms with van der Waals surface area (Å²) in [4.78, 5) is 16.4. The molecule has 1 atom stereocenters. The highest BCUT2D eigenvalue weighted by Crippen LogP contribution is 2.21. The molecule has 1 fully saturated rings. The number of hydrogen-bond donors (Lipinski definition) is 0. The zero-order valence-electron chi connectivity index (χ0n) is 10.1. The van der Waals surface area contributed by atoms with Crippen molar-refractivity contribution < 1.29 is 4.79 Å². The Kier molecular flexibility index (Phi) is 5.12. The first kappa shape index (κ1) is 12.8. The van der Waals surface area contributed by atoms with Crippen LogP contribution in [0.3, 0.4) is 0 Å². The summed E-state index contributed by atoms with van der Waals surface area (Å²) in [6.45, 7) is 6.38. The van der Waals surface area contributed by atoms with E-state index in [9.17, 15) is 4.79 Å². The number of rotatable bonds is 6. The third-order valence-electron chi connectivity index (χ3n) is 3.33. The van der Waals surface area contributed by atoms with Gasteiger partial charge in [0.25, 0.3) is 0 Å². The van der Waals surface area contributed by atoms with Crippen LogP contribution in [0.15, 0.2) is 5.11 Å². The van der Waals surface area contributed by atoms with Gasteiger partial charge in [0.05, 0.1) is 0 Å². The van der Waals surface area contributed by atoms with Gasteiger partial charge in [-0.1, -0.05) is 31.8 Å². The number of hydrogen-bond acceptors (Lipinski definition) is 2. The Bertz CT molecular complexity index is 282. The first-order valence-electron chi connectivity index (χ1n) is 5.99. The maximum atomic E-state index is 11.7. The van der Waals surface area contributed by atoms with Crippen LogP contribution in [-0.2, 0) is 4.79 Å². The van der Waals surface area contributed by atoms with Crippen LogP contribution in [-0.4, -0.2) is 30.4 Å². The van der Waals surface area contributed by atoms with E-state index in [1.165, 1.54) is 0 Å². The number of likely N-dealkylation sites (tertiary alicyclic amines) is 1. The second-order valence-electron chi connectivity index (χ2n) is 4.46. The van der Waals surface area contributed by atoms with Crippen LogP contribution >= 0.6 is 0 Å². The Morgan fingerprint density at radius 1 is 1.56 bits per heavy atom. The van der Waals surface area contributed by atoms with Gasteiger partial charge in [0.2, 0.25) is 5.91 Å². The van der Waals surface area contributed by atoms with Gasteiger partial charge in [-0.3, -0.25) is 4.79 Å². The SMILES string of the molecule is CCC(CC)CN1CC(CN=[N+]=[N-])CC1=O. The largest absolute Gasteiger partial charge is 0.342 e. The molecule has 5 heteroatoms. The Labute approximate surface area is 96.4 Å². The number of carbonyl (C=O) groups is 1. The summed E-state index contributed by atoms with van der Waals surface area (Å²) >= 11 is 0. The number of nitrogens with zero attached hydrogens (tertiary/aromatic N) is 4. The maximum Gasteiger partial charge on any atom is 0.222 e. The minimum Gasteiger partial charge on any atom is -0.342 e. The Morgan fingerprint density at radius 2 is 2.25 bits per heavy atom. The Morgan fingerprint density at radius 3 is 2.81 bits per heavy atom. The van der Waals surface area contributed by atoms with Crippen molar-refractivity contribution in [3.63, 3.8) is 0 Å². The molecule has 0 saturated carbocycles. The first-order valence-corrected chi connectivity index (χ1v) is 5.99. The second-order valence-corrected chi connectivity index (χ2v) is 4.46. The average Bonchev–Trinajstić information content (AvgIpc) is 2.64. The molecule has 0 aliphatic carbocycles. The molecule has 0 bridgehead atoms. The van der Waals surface area contributed by atoms with Gasteiger partial charge in [0, 0.05) is 31.0 Å². The van der Waals surface area contributed by atoms with Crippen LogP contribution < -0.4 is 0 Å². The highest BCUT2D eigenvalue weighted by atomic mass is 16.2.